The summed E-state index contributed by atoms with van der Waals surface area (Å²) in [5, 5.41) is 6.27. The Labute approximate surface area is 146 Å². The van der Waals surface area contributed by atoms with E-state index >= 15 is 0 Å². The van der Waals surface area contributed by atoms with Gasteiger partial charge in [-0.3, -0.25) is 18.9 Å². The van der Waals surface area contributed by atoms with Crippen LogP contribution in [-0.2, 0) is 13.6 Å². The number of imidazole rings is 1. The van der Waals surface area contributed by atoms with Gasteiger partial charge in [0.25, 0.3) is 5.56 Å². The molecule has 4 rings (SSSR count). The Morgan fingerprint density at radius 3 is 2.68 bits per heavy atom. The quantitative estimate of drug-likeness (QED) is 0.661. The minimum Gasteiger partial charge on any atom is -0.340 e. The van der Waals surface area contributed by atoms with Crippen molar-refractivity contribution in [1.82, 2.24) is 29.4 Å². The number of anilines is 1. The molecule has 132 valence electrons. The molecule has 1 fully saturated rings. The van der Waals surface area contributed by atoms with E-state index < -0.39 is 11.2 Å². The van der Waals surface area contributed by atoms with Crippen LogP contribution >= 0.6 is 11.3 Å². The molecule has 9 nitrogen and oxygen atoms in total. The number of hydrogen-bond donors (Lipinski definition) is 2. The highest BCUT2D eigenvalue weighted by molar-refractivity contribution is 7.09. The van der Waals surface area contributed by atoms with E-state index in [2.05, 4.69) is 25.2 Å². The van der Waals surface area contributed by atoms with Crippen molar-refractivity contribution in [3.8, 4) is 0 Å². The lowest BCUT2D eigenvalue weighted by atomic mass is 10.4. The summed E-state index contributed by atoms with van der Waals surface area (Å²) in [6.45, 7) is 5.70. The van der Waals surface area contributed by atoms with Crippen LogP contribution in [0.4, 0.5) is 5.95 Å². The molecule has 1 saturated heterocycles. The number of fused-ring (bicyclic) bond motifs is 1. The van der Waals surface area contributed by atoms with Crippen LogP contribution in [0.2, 0.25) is 0 Å². The number of thiazole rings is 1. The SMILES string of the molecule is Cc1nc(Cn2c(N3CCNCC3)nc3c2c(=O)[nH]c(=O)n3C)cs1. The molecule has 0 amide bonds. The van der Waals surface area contributed by atoms with Crippen molar-refractivity contribution >= 4 is 28.4 Å². The second kappa shape index (κ2) is 6.12. The minimum atomic E-state index is -0.460. The predicted molar refractivity (Wildman–Crippen MR) is 96.6 cm³/mol. The summed E-state index contributed by atoms with van der Waals surface area (Å²) in [6, 6.07) is 0. The van der Waals surface area contributed by atoms with Crippen molar-refractivity contribution in [3.63, 3.8) is 0 Å². The first-order valence-corrected chi connectivity index (χ1v) is 8.99. The van der Waals surface area contributed by atoms with Gasteiger partial charge in [0, 0.05) is 38.6 Å². The van der Waals surface area contributed by atoms with Gasteiger partial charge in [0.2, 0.25) is 5.95 Å². The first kappa shape index (κ1) is 16.0. The summed E-state index contributed by atoms with van der Waals surface area (Å²) >= 11 is 1.57. The van der Waals surface area contributed by atoms with Crippen LogP contribution in [0, 0.1) is 6.92 Å². The molecule has 0 bridgehead atoms. The van der Waals surface area contributed by atoms with Crippen LogP contribution in [0.3, 0.4) is 0 Å². The summed E-state index contributed by atoms with van der Waals surface area (Å²) in [5.41, 5.74) is 0.805. The highest BCUT2D eigenvalue weighted by Crippen LogP contribution is 2.22. The van der Waals surface area contributed by atoms with E-state index in [4.69, 9.17) is 0 Å². The van der Waals surface area contributed by atoms with E-state index in [1.54, 1.807) is 18.4 Å². The zero-order valence-corrected chi connectivity index (χ0v) is 14.9. The van der Waals surface area contributed by atoms with Crippen LogP contribution in [0.5, 0.6) is 0 Å². The summed E-state index contributed by atoms with van der Waals surface area (Å²) in [7, 11) is 1.62. The molecule has 0 atom stereocenters. The number of piperazine rings is 1. The largest absolute Gasteiger partial charge is 0.340 e. The van der Waals surface area contributed by atoms with Crippen molar-refractivity contribution in [1.29, 1.82) is 0 Å². The summed E-state index contributed by atoms with van der Waals surface area (Å²) in [4.78, 5) is 38.1. The molecule has 25 heavy (non-hydrogen) atoms. The number of rotatable bonds is 3. The Hall–Kier alpha value is -2.46. The van der Waals surface area contributed by atoms with Crippen LogP contribution in [0.25, 0.3) is 11.2 Å². The minimum absolute atomic E-state index is 0.397. The molecule has 3 aromatic heterocycles. The number of aromatic nitrogens is 5. The summed E-state index contributed by atoms with van der Waals surface area (Å²) < 4.78 is 3.25. The van der Waals surface area contributed by atoms with Crippen LogP contribution in [0.1, 0.15) is 10.7 Å². The lowest BCUT2D eigenvalue weighted by Gasteiger charge is -2.28. The smallest absolute Gasteiger partial charge is 0.329 e. The van der Waals surface area contributed by atoms with Crippen LogP contribution in [0.15, 0.2) is 15.0 Å². The number of aryl methyl sites for hydroxylation is 2. The van der Waals surface area contributed by atoms with Gasteiger partial charge in [-0.05, 0) is 6.92 Å². The average molecular weight is 361 g/mol. The Kier molecular flexibility index (Phi) is 3.92. The van der Waals surface area contributed by atoms with Gasteiger partial charge in [-0.2, -0.15) is 4.98 Å². The maximum Gasteiger partial charge on any atom is 0.329 e. The van der Waals surface area contributed by atoms with Gasteiger partial charge < -0.3 is 10.2 Å². The third-order valence-electron chi connectivity index (χ3n) is 4.37. The zero-order valence-electron chi connectivity index (χ0n) is 14.1. The van der Waals surface area contributed by atoms with E-state index in [1.807, 2.05) is 16.9 Å². The molecule has 0 aliphatic carbocycles. The molecule has 0 aromatic carbocycles. The second-order valence-electron chi connectivity index (χ2n) is 6.08. The van der Waals surface area contributed by atoms with Gasteiger partial charge in [-0.15, -0.1) is 11.3 Å². The van der Waals surface area contributed by atoms with Crippen molar-refractivity contribution in [2.45, 2.75) is 13.5 Å². The van der Waals surface area contributed by atoms with Gasteiger partial charge in [0.05, 0.1) is 17.2 Å². The molecule has 4 heterocycles. The van der Waals surface area contributed by atoms with Crippen molar-refractivity contribution in [2.24, 2.45) is 7.05 Å². The number of H-pyrrole nitrogens is 1. The molecule has 1 aliphatic heterocycles. The standard InChI is InChI=1S/C15H19N7O2S/c1-9-17-10(8-25-9)7-22-11-12(20(2)15(24)19-13(11)23)18-14(22)21-5-3-16-4-6-21/h8,16H,3-7H2,1-2H3,(H,19,23,24). The normalized spacial score (nSPS) is 15.2. The lowest BCUT2D eigenvalue weighted by Crippen LogP contribution is -2.44. The van der Waals surface area contributed by atoms with Gasteiger partial charge >= 0.3 is 5.69 Å². The van der Waals surface area contributed by atoms with E-state index in [9.17, 15) is 9.59 Å². The Bertz CT molecular complexity index is 1040. The molecular formula is C15H19N7O2S. The molecule has 3 aromatic rings. The zero-order chi connectivity index (χ0) is 17.6. The first-order chi connectivity index (χ1) is 12.0. The monoisotopic (exact) mass is 361 g/mol. The van der Waals surface area contributed by atoms with E-state index in [-0.39, 0.29) is 0 Å². The van der Waals surface area contributed by atoms with E-state index in [1.165, 1.54) is 4.57 Å². The molecule has 2 N–H and O–H groups in total. The maximum absolute atomic E-state index is 12.5. The summed E-state index contributed by atoms with van der Waals surface area (Å²) in [6.07, 6.45) is 0. The highest BCUT2D eigenvalue weighted by atomic mass is 32.1. The fourth-order valence-electron chi connectivity index (χ4n) is 3.12. The molecular weight excluding hydrogens is 342 g/mol. The number of aromatic amines is 1. The number of nitrogens with one attached hydrogen (secondary N) is 2. The van der Waals surface area contributed by atoms with Crippen molar-refractivity contribution in [3.05, 3.63) is 36.9 Å². The third kappa shape index (κ3) is 2.76. The molecule has 10 heteroatoms. The number of hydrogen-bond acceptors (Lipinski definition) is 7. The second-order valence-corrected chi connectivity index (χ2v) is 7.15. The molecule has 0 saturated carbocycles. The molecule has 1 aliphatic rings. The highest BCUT2D eigenvalue weighted by Gasteiger charge is 2.23. The molecule has 0 radical (unpaired) electrons. The van der Waals surface area contributed by atoms with Crippen LogP contribution < -0.4 is 21.5 Å². The van der Waals surface area contributed by atoms with E-state index in [0.717, 1.165) is 36.9 Å². The fraction of sp³-hybridized carbons (Fsp3) is 0.467. The van der Waals surface area contributed by atoms with Gasteiger partial charge in [-0.25, -0.2) is 9.78 Å². The maximum atomic E-state index is 12.5. The Balaban J connectivity index is 1.93. The number of nitrogens with zero attached hydrogens (tertiary/aromatic N) is 5. The molecule has 0 spiro atoms. The third-order valence-corrected chi connectivity index (χ3v) is 5.20. The Morgan fingerprint density at radius 1 is 1.24 bits per heavy atom. The van der Waals surface area contributed by atoms with Gasteiger partial charge in [-0.1, -0.05) is 0 Å². The molecule has 0 unspecified atom stereocenters. The Morgan fingerprint density at radius 2 is 2.00 bits per heavy atom. The lowest BCUT2D eigenvalue weighted by molar-refractivity contribution is 0.571. The van der Waals surface area contributed by atoms with Crippen molar-refractivity contribution in [2.75, 3.05) is 31.1 Å². The van der Waals surface area contributed by atoms with Crippen molar-refractivity contribution < 1.29 is 0 Å². The van der Waals surface area contributed by atoms with Crippen LogP contribution in [-0.4, -0.2) is 50.3 Å². The van der Waals surface area contributed by atoms with Gasteiger partial charge in [0.1, 0.15) is 0 Å². The first-order valence-electron chi connectivity index (χ1n) is 8.11. The topological polar surface area (TPSA) is 101 Å². The van der Waals surface area contributed by atoms with E-state index in [0.29, 0.717) is 23.7 Å². The average Bonchev–Trinajstić information content (AvgIpc) is 3.18. The van der Waals surface area contributed by atoms with Gasteiger partial charge in [0.15, 0.2) is 11.2 Å². The summed E-state index contributed by atoms with van der Waals surface area (Å²) in [5.74, 6) is 0.703. The predicted octanol–water partition coefficient (Wildman–Crippen LogP) is -0.354. The fourth-order valence-corrected chi connectivity index (χ4v) is 3.73.